The summed E-state index contributed by atoms with van der Waals surface area (Å²) >= 11 is 0. The predicted octanol–water partition coefficient (Wildman–Crippen LogP) is 1.59. The lowest BCUT2D eigenvalue weighted by Crippen LogP contribution is -2.25. The maximum absolute atomic E-state index is 11.6. The molecular formula is C13H19N3O2S. The quantitative estimate of drug-likeness (QED) is 0.830. The van der Waals surface area contributed by atoms with E-state index in [2.05, 4.69) is 15.0 Å². The molecule has 0 bridgehead atoms. The Bertz CT molecular complexity index is 536. The molecule has 0 unspecified atom stereocenters. The van der Waals surface area contributed by atoms with Crippen LogP contribution in [0.15, 0.2) is 23.2 Å². The second kappa shape index (κ2) is 4.76. The summed E-state index contributed by atoms with van der Waals surface area (Å²) in [5.41, 5.74) is 0. The van der Waals surface area contributed by atoms with Crippen molar-refractivity contribution in [3.8, 4) is 0 Å². The molecule has 3 rings (SSSR count). The fraction of sp³-hybridized carbons (Fsp3) is 0.615. The number of nitrogens with zero attached hydrogens (tertiary/aromatic N) is 1. The zero-order chi connectivity index (χ0) is 13.5. The van der Waals surface area contributed by atoms with Gasteiger partial charge in [-0.3, -0.25) is 0 Å². The number of hydrogen-bond donors (Lipinski definition) is 2. The summed E-state index contributed by atoms with van der Waals surface area (Å²) in [7, 11) is -1.99. The van der Waals surface area contributed by atoms with Gasteiger partial charge >= 0.3 is 0 Å². The first-order chi connectivity index (χ1) is 9.10. The molecule has 0 amide bonds. The summed E-state index contributed by atoms with van der Waals surface area (Å²) in [5, 5.41) is 3.47. The summed E-state index contributed by atoms with van der Waals surface area (Å²) in [4.78, 5) is 4.43. The Labute approximate surface area is 113 Å². The molecule has 6 heteroatoms. The van der Waals surface area contributed by atoms with Crippen molar-refractivity contribution in [3.63, 3.8) is 0 Å². The molecule has 104 valence electrons. The van der Waals surface area contributed by atoms with Crippen LogP contribution in [0.5, 0.6) is 0 Å². The zero-order valence-corrected chi connectivity index (χ0v) is 11.8. The molecule has 2 aliphatic rings. The van der Waals surface area contributed by atoms with Gasteiger partial charge in [-0.1, -0.05) is 0 Å². The van der Waals surface area contributed by atoms with Crippen LogP contribution in [0.3, 0.4) is 0 Å². The van der Waals surface area contributed by atoms with Gasteiger partial charge in [-0.25, -0.2) is 18.1 Å². The maximum Gasteiger partial charge on any atom is 0.241 e. The molecular weight excluding hydrogens is 262 g/mol. The van der Waals surface area contributed by atoms with Gasteiger partial charge in [0.25, 0.3) is 0 Å². The average Bonchev–Trinajstić information content (AvgIpc) is 3.30. The van der Waals surface area contributed by atoms with Crippen molar-refractivity contribution < 1.29 is 8.42 Å². The van der Waals surface area contributed by atoms with Crippen LogP contribution in [0.2, 0.25) is 0 Å². The zero-order valence-electron chi connectivity index (χ0n) is 11.0. The number of nitrogens with one attached hydrogen (secondary N) is 2. The molecule has 0 radical (unpaired) electrons. The van der Waals surface area contributed by atoms with Gasteiger partial charge < -0.3 is 5.32 Å². The first-order valence-electron chi connectivity index (χ1n) is 6.76. The highest BCUT2D eigenvalue weighted by Crippen LogP contribution is 2.45. The molecule has 2 N–H and O–H groups in total. The van der Waals surface area contributed by atoms with Crippen molar-refractivity contribution in [2.45, 2.75) is 36.6 Å². The predicted molar refractivity (Wildman–Crippen MR) is 73.3 cm³/mol. The van der Waals surface area contributed by atoms with E-state index in [0.717, 1.165) is 17.7 Å². The van der Waals surface area contributed by atoms with Crippen LogP contribution in [0.25, 0.3) is 0 Å². The number of sulfonamides is 1. The van der Waals surface area contributed by atoms with E-state index < -0.39 is 10.0 Å². The first kappa shape index (κ1) is 12.9. The molecule has 0 aliphatic heterocycles. The highest BCUT2D eigenvalue weighted by molar-refractivity contribution is 7.89. The molecule has 2 saturated carbocycles. The standard InChI is InChI=1S/C13H19N3O2S/c1-14-19(17,18)11-6-7-12(15-8-11)16-13(9-2-3-9)10-4-5-10/h6-10,13-14H,2-5H2,1H3,(H,15,16). The van der Waals surface area contributed by atoms with E-state index in [1.165, 1.54) is 38.9 Å². The molecule has 0 spiro atoms. The molecule has 0 aromatic carbocycles. The minimum atomic E-state index is -3.39. The average molecular weight is 281 g/mol. The molecule has 5 nitrogen and oxygen atoms in total. The molecule has 0 saturated heterocycles. The van der Waals surface area contributed by atoms with Crippen LogP contribution in [-0.4, -0.2) is 26.5 Å². The summed E-state index contributed by atoms with van der Waals surface area (Å²) in [6.45, 7) is 0. The minimum Gasteiger partial charge on any atom is -0.367 e. The van der Waals surface area contributed by atoms with Gasteiger partial charge in [0.15, 0.2) is 0 Å². The third-order valence-corrected chi connectivity index (χ3v) is 5.29. The SMILES string of the molecule is CNS(=O)(=O)c1ccc(NC(C2CC2)C2CC2)nc1. The van der Waals surface area contributed by atoms with E-state index >= 15 is 0 Å². The highest BCUT2D eigenvalue weighted by atomic mass is 32.2. The van der Waals surface area contributed by atoms with E-state index in [1.54, 1.807) is 12.1 Å². The number of rotatable bonds is 6. The Balaban J connectivity index is 1.71. The van der Waals surface area contributed by atoms with Gasteiger partial charge in [-0.15, -0.1) is 0 Å². The van der Waals surface area contributed by atoms with Crippen LogP contribution < -0.4 is 10.0 Å². The van der Waals surface area contributed by atoms with Gasteiger partial charge in [-0.2, -0.15) is 0 Å². The maximum atomic E-state index is 11.6. The Morgan fingerprint density at radius 1 is 1.21 bits per heavy atom. The number of hydrogen-bond acceptors (Lipinski definition) is 4. The van der Waals surface area contributed by atoms with Gasteiger partial charge in [0.1, 0.15) is 10.7 Å². The Hall–Kier alpha value is -1.14. The first-order valence-corrected chi connectivity index (χ1v) is 8.24. The molecule has 19 heavy (non-hydrogen) atoms. The van der Waals surface area contributed by atoms with Crippen molar-refractivity contribution in [2.24, 2.45) is 11.8 Å². The van der Waals surface area contributed by atoms with Crippen molar-refractivity contribution in [2.75, 3.05) is 12.4 Å². The third-order valence-electron chi connectivity index (χ3n) is 3.89. The van der Waals surface area contributed by atoms with Crippen molar-refractivity contribution in [1.82, 2.24) is 9.71 Å². The van der Waals surface area contributed by atoms with Crippen LogP contribution in [0.1, 0.15) is 25.7 Å². The molecule has 1 aromatic rings. The van der Waals surface area contributed by atoms with Gasteiger partial charge in [0.2, 0.25) is 10.0 Å². The Morgan fingerprint density at radius 2 is 1.84 bits per heavy atom. The minimum absolute atomic E-state index is 0.204. The Morgan fingerprint density at radius 3 is 2.26 bits per heavy atom. The summed E-state index contributed by atoms with van der Waals surface area (Å²) in [6, 6.07) is 3.87. The molecule has 1 aromatic heterocycles. The second-order valence-corrected chi connectivity index (χ2v) is 7.32. The molecule has 2 aliphatic carbocycles. The normalized spacial score (nSPS) is 19.7. The van der Waals surface area contributed by atoms with E-state index in [1.807, 2.05) is 0 Å². The van der Waals surface area contributed by atoms with Gasteiger partial charge in [-0.05, 0) is 56.7 Å². The van der Waals surface area contributed by atoms with E-state index in [0.29, 0.717) is 6.04 Å². The summed E-state index contributed by atoms with van der Waals surface area (Å²) < 4.78 is 25.5. The van der Waals surface area contributed by atoms with E-state index in [9.17, 15) is 8.42 Å². The molecule has 0 atom stereocenters. The lowest BCUT2D eigenvalue weighted by molar-refractivity contribution is 0.565. The van der Waals surface area contributed by atoms with Gasteiger partial charge in [0, 0.05) is 12.2 Å². The lowest BCUT2D eigenvalue weighted by atomic mass is 10.1. The van der Waals surface area contributed by atoms with Crippen LogP contribution in [0, 0.1) is 11.8 Å². The van der Waals surface area contributed by atoms with Crippen molar-refractivity contribution in [3.05, 3.63) is 18.3 Å². The fourth-order valence-corrected chi connectivity index (χ4v) is 3.12. The molecule has 2 fully saturated rings. The van der Waals surface area contributed by atoms with E-state index in [4.69, 9.17) is 0 Å². The third kappa shape index (κ3) is 2.90. The summed E-state index contributed by atoms with van der Waals surface area (Å²) in [5.74, 6) is 2.35. The van der Waals surface area contributed by atoms with Crippen LogP contribution in [-0.2, 0) is 10.0 Å². The second-order valence-electron chi connectivity index (χ2n) is 5.43. The summed E-state index contributed by atoms with van der Waals surface area (Å²) in [6.07, 6.45) is 6.63. The van der Waals surface area contributed by atoms with Crippen LogP contribution >= 0.6 is 0 Å². The lowest BCUT2D eigenvalue weighted by Gasteiger charge is -2.18. The molecule has 1 heterocycles. The smallest absolute Gasteiger partial charge is 0.241 e. The number of pyridine rings is 1. The largest absolute Gasteiger partial charge is 0.367 e. The van der Waals surface area contributed by atoms with Gasteiger partial charge in [0.05, 0.1) is 0 Å². The van der Waals surface area contributed by atoms with Crippen LogP contribution in [0.4, 0.5) is 5.82 Å². The van der Waals surface area contributed by atoms with Crippen molar-refractivity contribution >= 4 is 15.8 Å². The van der Waals surface area contributed by atoms with Crippen molar-refractivity contribution in [1.29, 1.82) is 0 Å². The monoisotopic (exact) mass is 281 g/mol. The highest BCUT2D eigenvalue weighted by Gasteiger charge is 2.41. The van der Waals surface area contributed by atoms with E-state index in [-0.39, 0.29) is 4.90 Å². The topological polar surface area (TPSA) is 71.1 Å². The number of anilines is 1. The Kier molecular flexibility index (Phi) is 3.22. The number of aromatic nitrogens is 1. The fourth-order valence-electron chi connectivity index (χ4n) is 2.44.